The standard InChI is InChI=1S/C12H20N2O3S/c1-12(2)6-9(12)7-14-18(15,16)11-5-4-10(17-11)8-13-3/h4-5,9,13-14H,6-8H2,1-3H3. The smallest absolute Gasteiger partial charge is 0.273 e. The maximum Gasteiger partial charge on any atom is 0.273 e. The van der Waals surface area contributed by atoms with Crippen molar-refractivity contribution in [1.29, 1.82) is 0 Å². The average Bonchev–Trinajstić information content (AvgIpc) is 2.71. The van der Waals surface area contributed by atoms with Crippen molar-refractivity contribution in [1.82, 2.24) is 10.0 Å². The van der Waals surface area contributed by atoms with Gasteiger partial charge >= 0.3 is 0 Å². The maximum atomic E-state index is 12.0. The van der Waals surface area contributed by atoms with Gasteiger partial charge in [0.15, 0.2) is 0 Å². The lowest BCUT2D eigenvalue weighted by Gasteiger charge is -2.05. The Labute approximate surface area is 108 Å². The Kier molecular flexibility index (Phi) is 3.53. The van der Waals surface area contributed by atoms with Gasteiger partial charge in [-0.1, -0.05) is 13.8 Å². The van der Waals surface area contributed by atoms with Gasteiger partial charge in [0.2, 0.25) is 5.09 Å². The summed E-state index contributed by atoms with van der Waals surface area (Å²) >= 11 is 0. The van der Waals surface area contributed by atoms with E-state index >= 15 is 0 Å². The molecule has 1 aromatic rings. The SMILES string of the molecule is CNCc1ccc(S(=O)(=O)NCC2CC2(C)C)o1. The molecule has 2 N–H and O–H groups in total. The van der Waals surface area contributed by atoms with Crippen LogP contribution in [0.1, 0.15) is 26.0 Å². The first-order chi connectivity index (χ1) is 8.35. The zero-order valence-corrected chi connectivity index (χ0v) is 11.8. The first-order valence-electron chi connectivity index (χ1n) is 6.08. The van der Waals surface area contributed by atoms with Gasteiger partial charge in [0, 0.05) is 6.54 Å². The lowest BCUT2D eigenvalue weighted by atomic mass is 10.1. The lowest BCUT2D eigenvalue weighted by molar-refractivity contribution is 0.403. The summed E-state index contributed by atoms with van der Waals surface area (Å²) in [6.07, 6.45) is 1.07. The first kappa shape index (κ1) is 13.6. The van der Waals surface area contributed by atoms with E-state index in [2.05, 4.69) is 23.9 Å². The van der Waals surface area contributed by atoms with Crippen molar-refractivity contribution in [3.05, 3.63) is 17.9 Å². The van der Waals surface area contributed by atoms with E-state index < -0.39 is 10.0 Å². The highest BCUT2D eigenvalue weighted by atomic mass is 32.2. The van der Waals surface area contributed by atoms with Crippen LogP contribution in [0.5, 0.6) is 0 Å². The average molecular weight is 272 g/mol. The van der Waals surface area contributed by atoms with Crippen LogP contribution >= 0.6 is 0 Å². The molecule has 0 bridgehead atoms. The Morgan fingerprint density at radius 1 is 1.44 bits per heavy atom. The van der Waals surface area contributed by atoms with Gasteiger partial charge in [0.25, 0.3) is 10.0 Å². The Balaban J connectivity index is 1.97. The maximum absolute atomic E-state index is 12.0. The van der Waals surface area contributed by atoms with E-state index in [9.17, 15) is 8.42 Å². The van der Waals surface area contributed by atoms with E-state index in [1.165, 1.54) is 6.07 Å². The van der Waals surface area contributed by atoms with E-state index in [4.69, 9.17) is 4.42 Å². The van der Waals surface area contributed by atoms with E-state index in [-0.39, 0.29) is 10.5 Å². The second kappa shape index (κ2) is 4.68. The molecule has 1 fully saturated rings. The van der Waals surface area contributed by atoms with E-state index in [0.717, 1.165) is 6.42 Å². The molecule has 0 radical (unpaired) electrons. The van der Waals surface area contributed by atoms with Crippen LogP contribution in [0.25, 0.3) is 0 Å². The molecule has 6 heteroatoms. The number of sulfonamides is 1. The molecular formula is C12H20N2O3S. The molecule has 1 heterocycles. The van der Waals surface area contributed by atoms with Crippen molar-refractivity contribution < 1.29 is 12.8 Å². The monoisotopic (exact) mass is 272 g/mol. The van der Waals surface area contributed by atoms with Crippen molar-refractivity contribution in [3.63, 3.8) is 0 Å². The molecule has 2 rings (SSSR count). The number of rotatable bonds is 6. The number of hydrogen-bond donors (Lipinski definition) is 2. The molecule has 0 saturated heterocycles. The molecule has 1 aromatic heterocycles. The van der Waals surface area contributed by atoms with Gasteiger partial charge in [-0.05, 0) is 36.9 Å². The van der Waals surface area contributed by atoms with Crippen molar-refractivity contribution in [2.75, 3.05) is 13.6 Å². The lowest BCUT2D eigenvalue weighted by Crippen LogP contribution is -2.26. The molecular weight excluding hydrogens is 252 g/mol. The largest absolute Gasteiger partial charge is 0.447 e. The fourth-order valence-corrected chi connectivity index (χ4v) is 3.00. The van der Waals surface area contributed by atoms with E-state index in [1.807, 2.05) is 0 Å². The second-order valence-corrected chi connectivity index (χ2v) is 7.19. The summed E-state index contributed by atoms with van der Waals surface area (Å²) in [4.78, 5) is 0. The summed E-state index contributed by atoms with van der Waals surface area (Å²) in [6, 6.07) is 3.17. The molecule has 0 spiro atoms. The summed E-state index contributed by atoms with van der Waals surface area (Å²) in [5.41, 5.74) is 0.267. The van der Waals surface area contributed by atoms with Gasteiger partial charge in [-0.15, -0.1) is 0 Å². The molecule has 1 unspecified atom stereocenters. The Morgan fingerprint density at radius 2 is 2.11 bits per heavy atom. The topological polar surface area (TPSA) is 71.3 Å². The molecule has 1 atom stereocenters. The molecule has 1 aliphatic rings. The third kappa shape index (κ3) is 2.93. The van der Waals surface area contributed by atoms with Gasteiger partial charge in [0.1, 0.15) is 5.76 Å². The van der Waals surface area contributed by atoms with Crippen molar-refractivity contribution in [2.24, 2.45) is 11.3 Å². The summed E-state index contributed by atoms with van der Waals surface area (Å²) in [5.74, 6) is 1.05. The Hall–Kier alpha value is -0.850. The van der Waals surface area contributed by atoms with Crippen LogP contribution in [0.2, 0.25) is 0 Å². The summed E-state index contributed by atoms with van der Waals surface area (Å²) in [7, 11) is -1.73. The molecule has 1 aliphatic carbocycles. The van der Waals surface area contributed by atoms with Crippen LogP contribution in [0, 0.1) is 11.3 Å². The van der Waals surface area contributed by atoms with Crippen molar-refractivity contribution >= 4 is 10.0 Å². The van der Waals surface area contributed by atoms with E-state index in [1.54, 1.807) is 13.1 Å². The summed E-state index contributed by atoms with van der Waals surface area (Å²) in [6.45, 7) is 5.29. The van der Waals surface area contributed by atoms with Gasteiger partial charge in [-0.2, -0.15) is 0 Å². The minimum absolute atomic E-state index is 0.00814. The van der Waals surface area contributed by atoms with Crippen molar-refractivity contribution in [2.45, 2.75) is 31.9 Å². The molecule has 1 saturated carbocycles. The minimum atomic E-state index is -3.51. The summed E-state index contributed by atoms with van der Waals surface area (Å²) in [5, 5.41) is 2.90. The third-order valence-electron chi connectivity index (χ3n) is 3.49. The van der Waals surface area contributed by atoms with Gasteiger partial charge < -0.3 is 9.73 Å². The predicted molar refractivity (Wildman–Crippen MR) is 68.5 cm³/mol. The summed E-state index contributed by atoms with van der Waals surface area (Å²) < 4.78 is 31.8. The quantitative estimate of drug-likeness (QED) is 0.819. The predicted octanol–water partition coefficient (Wildman–Crippen LogP) is 1.32. The minimum Gasteiger partial charge on any atom is -0.447 e. The zero-order chi connectivity index (χ0) is 13.4. The van der Waals surface area contributed by atoms with Crippen LogP contribution in [-0.2, 0) is 16.6 Å². The highest BCUT2D eigenvalue weighted by Gasteiger charge is 2.45. The second-order valence-electron chi connectivity index (χ2n) is 5.49. The van der Waals surface area contributed by atoms with Gasteiger partial charge in [-0.3, -0.25) is 0 Å². The molecule has 18 heavy (non-hydrogen) atoms. The highest BCUT2D eigenvalue weighted by Crippen LogP contribution is 2.51. The Morgan fingerprint density at radius 3 is 2.67 bits per heavy atom. The Bertz CT molecular complexity index is 519. The van der Waals surface area contributed by atoms with Crippen LogP contribution in [0.3, 0.4) is 0 Å². The zero-order valence-electron chi connectivity index (χ0n) is 11.0. The highest BCUT2D eigenvalue weighted by molar-refractivity contribution is 7.89. The number of nitrogens with one attached hydrogen (secondary N) is 2. The number of hydrogen-bond acceptors (Lipinski definition) is 4. The normalized spacial score (nSPS) is 22.1. The first-order valence-corrected chi connectivity index (χ1v) is 7.56. The van der Waals surface area contributed by atoms with Crippen LogP contribution in [0.4, 0.5) is 0 Å². The molecule has 5 nitrogen and oxygen atoms in total. The van der Waals surface area contributed by atoms with Crippen LogP contribution in [-0.4, -0.2) is 22.0 Å². The van der Waals surface area contributed by atoms with E-state index in [0.29, 0.717) is 24.8 Å². The number of furan rings is 1. The molecule has 0 amide bonds. The third-order valence-corrected chi connectivity index (χ3v) is 4.79. The van der Waals surface area contributed by atoms with Gasteiger partial charge in [0.05, 0.1) is 6.54 Å². The van der Waals surface area contributed by atoms with Crippen molar-refractivity contribution in [3.8, 4) is 0 Å². The van der Waals surface area contributed by atoms with Gasteiger partial charge in [-0.25, -0.2) is 13.1 Å². The van der Waals surface area contributed by atoms with Crippen LogP contribution in [0.15, 0.2) is 21.6 Å². The van der Waals surface area contributed by atoms with Crippen LogP contribution < -0.4 is 10.0 Å². The molecule has 102 valence electrons. The molecule has 0 aliphatic heterocycles. The molecule has 0 aromatic carbocycles. The fourth-order valence-electron chi connectivity index (χ4n) is 1.98. The fraction of sp³-hybridized carbons (Fsp3) is 0.667.